The topological polar surface area (TPSA) is 66.6 Å². The maximum Gasteiger partial charge on any atom is 0.253 e. The van der Waals surface area contributed by atoms with Crippen LogP contribution in [0.5, 0.6) is 0 Å². The van der Waals surface area contributed by atoms with Crippen molar-refractivity contribution in [1.82, 2.24) is 4.90 Å². The molecule has 2 heterocycles. The Morgan fingerprint density at radius 3 is 2.35 bits per heavy atom. The molecule has 0 aromatic heterocycles. The minimum Gasteiger partial charge on any atom is -0.339 e. The molecular weight excluding hydrogens is 254 g/mol. The zero-order valence-corrected chi connectivity index (χ0v) is 11.4. The van der Waals surface area contributed by atoms with Crippen LogP contribution < -0.4 is 10.6 Å². The van der Waals surface area contributed by atoms with Crippen molar-refractivity contribution in [1.29, 1.82) is 0 Å². The number of hydrogen-bond acceptors (Lipinski definition) is 3. The van der Waals surface area contributed by atoms with Crippen LogP contribution in [0.2, 0.25) is 0 Å². The largest absolute Gasteiger partial charge is 0.339 e. The number of hydrogen-bond donors (Lipinski definition) is 1. The van der Waals surface area contributed by atoms with Crippen LogP contribution in [0.4, 0.5) is 5.69 Å². The zero-order valence-electron chi connectivity index (χ0n) is 11.4. The summed E-state index contributed by atoms with van der Waals surface area (Å²) in [4.78, 5) is 27.6. The van der Waals surface area contributed by atoms with E-state index in [1.165, 1.54) is 0 Å². The van der Waals surface area contributed by atoms with E-state index in [4.69, 9.17) is 5.73 Å². The number of benzene rings is 1. The van der Waals surface area contributed by atoms with Gasteiger partial charge in [-0.1, -0.05) is 0 Å². The molecule has 5 heteroatoms. The van der Waals surface area contributed by atoms with Gasteiger partial charge >= 0.3 is 0 Å². The van der Waals surface area contributed by atoms with Crippen LogP contribution in [0, 0.1) is 0 Å². The number of carbonyl (C=O) groups excluding carboxylic acids is 2. The Hall–Kier alpha value is -1.88. The number of nitrogens with zero attached hydrogens (tertiary/aromatic N) is 2. The molecular formula is C15H19N3O2. The molecule has 0 saturated carbocycles. The molecule has 2 N–H and O–H groups in total. The van der Waals surface area contributed by atoms with Crippen LogP contribution in [-0.2, 0) is 4.79 Å². The van der Waals surface area contributed by atoms with E-state index in [0.29, 0.717) is 18.5 Å². The highest BCUT2D eigenvalue weighted by atomic mass is 16.2. The van der Waals surface area contributed by atoms with Crippen molar-refractivity contribution in [2.45, 2.75) is 25.3 Å². The maximum atomic E-state index is 12.2. The van der Waals surface area contributed by atoms with E-state index in [1.807, 2.05) is 17.0 Å². The summed E-state index contributed by atoms with van der Waals surface area (Å²) in [7, 11) is 0. The van der Waals surface area contributed by atoms with Gasteiger partial charge in [-0.2, -0.15) is 0 Å². The first-order valence-electron chi connectivity index (χ1n) is 7.10. The van der Waals surface area contributed by atoms with E-state index < -0.39 is 0 Å². The summed E-state index contributed by atoms with van der Waals surface area (Å²) < 4.78 is 0. The van der Waals surface area contributed by atoms with Crippen LogP contribution in [0.15, 0.2) is 24.3 Å². The van der Waals surface area contributed by atoms with Crippen LogP contribution in [0.1, 0.15) is 29.6 Å². The van der Waals surface area contributed by atoms with Crippen LogP contribution in [0.3, 0.4) is 0 Å². The third-order valence-corrected chi connectivity index (χ3v) is 3.97. The van der Waals surface area contributed by atoms with Crippen LogP contribution in [-0.4, -0.2) is 42.4 Å². The summed E-state index contributed by atoms with van der Waals surface area (Å²) in [6.07, 6.45) is 2.57. The van der Waals surface area contributed by atoms with Crippen molar-refractivity contribution >= 4 is 17.5 Å². The number of likely N-dealkylation sites (tertiary alicyclic amines) is 1. The van der Waals surface area contributed by atoms with Crippen molar-refractivity contribution in [3.05, 3.63) is 29.8 Å². The van der Waals surface area contributed by atoms with Crippen LogP contribution >= 0.6 is 0 Å². The van der Waals surface area contributed by atoms with Crippen molar-refractivity contribution in [2.24, 2.45) is 5.73 Å². The van der Waals surface area contributed by atoms with Gasteiger partial charge < -0.3 is 15.5 Å². The lowest BCUT2D eigenvalue weighted by atomic mass is 10.1. The van der Waals surface area contributed by atoms with Gasteiger partial charge in [0.15, 0.2) is 0 Å². The lowest BCUT2D eigenvalue weighted by Gasteiger charge is -2.18. The molecule has 3 rings (SSSR count). The molecule has 1 atom stereocenters. The average molecular weight is 273 g/mol. The molecule has 106 valence electrons. The molecule has 0 bridgehead atoms. The molecule has 1 aromatic carbocycles. The fourth-order valence-corrected chi connectivity index (χ4v) is 2.87. The Labute approximate surface area is 118 Å². The molecule has 1 unspecified atom stereocenters. The predicted molar refractivity (Wildman–Crippen MR) is 76.5 cm³/mol. The molecule has 2 saturated heterocycles. The van der Waals surface area contributed by atoms with Crippen LogP contribution in [0.25, 0.3) is 0 Å². The number of rotatable bonds is 2. The minimum absolute atomic E-state index is 0.0520. The molecule has 0 radical (unpaired) electrons. The van der Waals surface area contributed by atoms with E-state index in [9.17, 15) is 9.59 Å². The summed E-state index contributed by atoms with van der Waals surface area (Å²) in [5, 5.41) is 0. The fourth-order valence-electron chi connectivity index (χ4n) is 2.87. The third kappa shape index (κ3) is 2.41. The third-order valence-electron chi connectivity index (χ3n) is 3.97. The smallest absolute Gasteiger partial charge is 0.253 e. The molecule has 2 amide bonds. The number of anilines is 1. The first kappa shape index (κ1) is 13.1. The highest BCUT2D eigenvalue weighted by Crippen LogP contribution is 2.22. The summed E-state index contributed by atoms with van der Waals surface area (Å²) in [5.74, 6) is 0.134. The minimum atomic E-state index is -0.0894. The van der Waals surface area contributed by atoms with Gasteiger partial charge in [0.2, 0.25) is 5.91 Å². The van der Waals surface area contributed by atoms with Gasteiger partial charge in [-0.3, -0.25) is 9.59 Å². The lowest BCUT2D eigenvalue weighted by Crippen LogP contribution is -2.29. The highest BCUT2D eigenvalue weighted by molar-refractivity contribution is 5.98. The summed E-state index contributed by atoms with van der Waals surface area (Å²) in [5.41, 5.74) is 7.30. The van der Waals surface area contributed by atoms with E-state index in [-0.39, 0.29) is 17.9 Å². The van der Waals surface area contributed by atoms with E-state index >= 15 is 0 Å². The quantitative estimate of drug-likeness (QED) is 0.873. The summed E-state index contributed by atoms with van der Waals surface area (Å²) in [6.45, 7) is 2.25. The molecule has 1 aromatic rings. The van der Waals surface area contributed by atoms with Crippen molar-refractivity contribution in [2.75, 3.05) is 24.5 Å². The number of nitrogens with two attached hydrogens (primary N) is 1. The Morgan fingerprint density at radius 2 is 1.80 bits per heavy atom. The van der Waals surface area contributed by atoms with Crippen molar-refractivity contribution in [3.8, 4) is 0 Å². The molecule has 0 aliphatic carbocycles. The predicted octanol–water partition coefficient (Wildman–Crippen LogP) is 0.987. The Kier molecular flexibility index (Phi) is 3.44. The number of amides is 2. The molecule has 2 aliphatic rings. The normalized spacial score (nSPS) is 22.6. The summed E-state index contributed by atoms with van der Waals surface area (Å²) >= 11 is 0. The zero-order chi connectivity index (χ0) is 14.1. The highest BCUT2D eigenvalue weighted by Gasteiger charge is 2.28. The Morgan fingerprint density at radius 1 is 1.15 bits per heavy atom. The standard InChI is InChI=1S/C15H19N3O2/c16-12-9-14(19)18(10-12)13-5-3-11(4-6-13)15(20)17-7-1-2-8-17/h3-6,12H,1-2,7-10,16H2. The molecule has 2 aliphatic heterocycles. The Balaban J connectivity index is 1.74. The molecule has 2 fully saturated rings. The van der Waals surface area contributed by atoms with Gasteiger partial charge in [0.1, 0.15) is 0 Å². The van der Waals surface area contributed by atoms with Crippen molar-refractivity contribution in [3.63, 3.8) is 0 Å². The SMILES string of the molecule is NC1CC(=O)N(c2ccc(C(=O)N3CCCC3)cc2)C1. The first-order valence-corrected chi connectivity index (χ1v) is 7.10. The van der Waals surface area contributed by atoms with Crippen molar-refractivity contribution < 1.29 is 9.59 Å². The number of carbonyl (C=O) groups is 2. The second-order valence-corrected chi connectivity index (χ2v) is 5.51. The second-order valence-electron chi connectivity index (χ2n) is 5.51. The summed E-state index contributed by atoms with van der Waals surface area (Å²) in [6, 6.07) is 7.17. The van der Waals surface area contributed by atoms with Gasteiger partial charge in [-0.05, 0) is 37.1 Å². The van der Waals surface area contributed by atoms with E-state index in [0.717, 1.165) is 31.6 Å². The van der Waals surface area contributed by atoms with Gasteiger partial charge in [0, 0.05) is 43.3 Å². The second kappa shape index (κ2) is 5.25. The van der Waals surface area contributed by atoms with Gasteiger partial charge in [0.05, 0.1) is 0 Å². The van der Waals surface area contributed by atoms with Gasteiger partial charge in [-0.15, -0.1) is 0 Å². The first-order chi connectivity index (χ1) is 9.65. The van der Waals surface area contributed by atoms with Gasteiger partial charge in [0.25, 0.3) is 5.91 Å². The lowest BCUT2D eigenvalue weighted by molar-refractivity contribution is -0.117. The average Bonchev–Trinajstić information content (AvgIpc) is 3.08. The monoisotopic (exact) mass is 273 g/mol. The van der Waals surface area contributed by atoms with Gasteiger partial charge in [-0.25, -0.2) is 0 Å². The maximum absolute atomic E-state index is 12.2. The van der Waals surface area contributed by atoms with E-state index in [1.54, 1.807) is 17.0 Å². The molecule has 0 spiro atoms. The fraction of sp³-hybridized carbons (Fsp3) is 0.467. The van der Waals surface area contributed by atoms with E-state index in [2.05, 4.69) is 0 Å². The Bertz CT molecular complexity index is 520. The molecule has 5 nitrogen and oxygen atoms in total. The molecule has 20 heavy (non-hydrogen) atoms.